The molecule has 2 aromatic carbocycles. The third kappa shape index (κ3) is 3.91. The van der Waals surface area contributed by atoms with Crippen LogP contribution in [0.15, 0.2) is 65.5 Å². The molecule has 8 heteroatoms. The minimum atomic E-state index is -4.36. The number of hydrogen-bond donors (Lipinski definition) is 1. The molecule has 1 N–H and O–H groups in total. The van der Waals surface area contributed by atoms with Crippen molar-refractivity contribution < 1.29 is 22.7 Å². The molecule has 0 unspecified atom stereocenters. The van der Waals surface area contributed by atoms with E-state index in [9.17, 15) is 18.0 Å². The van der Waals surface area contributed by atoms with Gasteiger partial charge in [0, 0.05) is 28.9 Å². The average molecular weight is 430 g/mol. The van der Waals surface area contributed by atoms with Crippen molar-refractivity contribution in [3.63, 3.8) is 0 Å². The summed E-state index contributed by atoms with van der Waals surface area (Å²) in [5.74, 6) is 0.219. The second kappa shape index (κ2) is 7.87. The highest BCUT2D eigenvalue weighted by Crippen LogP contribution is 2.31. The number of fused-ring (bicyclic) bond motifs is 1. The Balaban J connectivity index is 1.63. The van der Waals surface area contributed by atoms with E-state index in [1.54, 1.807) is 17.0 Å². The molecule has 0 aliphatic heterocycles. The van der Waals surface area contributed by atoms with Gasteiger partial charge in [0.15, 0.2) is 0 Å². The van der Waals surface area contributed by atoms with Crippen LogP contribution in [0.5, 0.6) is 5.75 Å². The topological polar surface area (TPSA) is 43.3 Å². The van der Waals surface area contributed by atoms with Crippen LogP contribution in [-0.4, -0.2) is 17.6 Å². The summed E-state index contributed by atoms with van der Waals surface area (Å²) >= 11 is 1.37. The number of carbonyl (C=O) groups is 1. The monoisotopic (exact) mass is 430 g/mol. The number of alkyl halides is 3. The summed E-state index contributed by atoms with van der Waals surface area (Å²) < 4.78 is 45.5. The van der Waals surface area contributed by atoms with Crippen LogP contribution in [0.1, 0.15) is 21.5 Å². The largest absolute Gasteiger partial charge is 0.495 e. The molecule has 0 aliphatic rings. The van der Waals surface area contributed by atoms with Crippen LogP contribution < -0.4 is 10.1 Å². The van der Waals surface area contributed by atoms with Crippen molar-refractivity contribution in [1.29, 1.82) is 0 Å². The van der Waals surface area contributed by atoms with E-state index >= 15 is 0 Å². The molecular weight excluding hydrogens is 413 g/mol. The van der Waals surface area contributed by atoms with E-state index in [2.05, 4.69) is 5.32 Å². The Morgan fingerprint density at radius 1 is 1.10 bits per heavy atom. The van der Waals surface area contributed by atoms with E-state index in [-0.39, 0.29) is 5.91 Å². The lowest BCUT2D eigenvalue weighted by atomic mass is 10.1. The van der Waals surface area contributed by atoms with Crippen molar-refractivity contribution >= 4 is 33.8 Å². The van der Waals surface area contributed by atoms with Gasteiger partial charge in [0.2, 0.25) is 0 Å². The third-order valence-electron chi connectivity index (χ3n) is 4.76. The summed E-state index contributed by atoms with van der Waals surface area (Å²) in [7, 11) is 1.51. The first-order chi connectivity index (χ1) is 14.4. The highest BCUT2D eigenvalue weighted by Gasteiger charge is 2.29. The zero-order chi connectivity index (χ0) is 21.3. The lowest BCUT2D eigenvalue weighted by molar-refractivity contribution is -0.137. The molecule has 0 atom stereocenters. The van der Waals surface area contributed by atoms with Gasteiger partial charge in [-0.2, -0.15) is 13.2 Å². The molecule has 4 nitrogen and oxygen atoms in total. The van der Waals surface area contributed by atoms with Crippen molar-refractivity contribution in [3.8, 4) is 5.75 Å². The zero-order valence-electron chi connectivity index (χ0n) is 15.9. The highest BCUT2D eigenvalue weighted by atomic mass is 32.1. The number of anilines is 1. The summed E-state index contributed by atoms with van der Waals surface area (Å²) in [5, 5.41) is 7.23. The van der Waals surface area contributed by atoms with E-state index in [0.717, 1.165) is 28.6 Å². The number of carbonyl (C=O) groups excluding carboxylic acids is 1. The predicted molar refractivity (Wildman–Crippen MR) is 111 cm³/mol. The summed E-state index contributed by atoms with van der Waals surface area (Å²) in [4.78, 5) is 12.7. The van der Waals surface area contributed by atoms with Gasteiger partial charge in [0.05, 0.1) is 29.4 Å². The standard InChI is InChI=1S/C22H17F3N2O2S/c1-29-20-13-30-12-17(20)21(28)26-18-11-27(19-5-3-2-4-16(18)19)10-14-6-8-15(9-7-14)22(23,24)25/h2-9,11-13H,10H2,1H3,(H,26,28). The summed E-state index contributed by atoms with van der Waals surface area (Å²) in [5.41, 5.74) is 1.98. The van der Waals surface area contributed by atoms with Crippen LogP contribution in [0, 0.1) is 0 Å². The quantitative estimate of drug-likeness (QED) is 0.420. The summed E-state index contributed by atoms with van der Waals surface area (Å²) in [6.07, 6.45) is -2.57. The molecule has 0 radical (unpaired) electrons. The molecule has 30 heavy (non-hydrogen) atoms. The number of aromatic nitrogens is 1. The van der Waals surface area contributed by atoms with Crippen molar-refractivity contribution in [2.45, 2.75) is 12.7 Å². The van der Waals surface area contributed by atoms with Gasteiger partial charge in [0.1, 0.15) is 5.75 Å². The number of hydrogen-bond acceptors (Lipinski definition) is 3. The lowest BCUT2D eigenvalue weighted by Gasteiger charge is -2.09. The molecule has 0 fully saturated rings. The second-order valence-electron chi connectivity index (χ2n) is 6.69. The van der Waals surface area contributed by atoms with Crippen molar-refractivity contribution in [1.82, 2.24) is 4.57 Å². The Hall–Kier alpha value is -3.26. The number of benzene rings is 2. The first kappa shape index (κ1) is 20.0. The third-order valence-corrected chi connectivity index (χ3v) is 5.48. The minimum absolute atomic E-state index is 0.287. The number of para-hydroxylation sites is 1. The van der Waals surface area contributed by atoms with Crippen LogP contribution in [0.25, 0.3) is 10.9 Å². The van der Waals surface area contributed by atoms with E-state index in [0.29, 0.717) is 23.5 Å². The highest BCUT2D eigenvalue weighted by molar-refractivity contribution is 7.08. The molecule has 2 aromatic heterocycles. The summed E-state index contributed by atoms with van der Waals surface area (Å²) in [6, 6.07) is 12.6. The van der Waals surface area contributed by atoms with Gasteiger partial charge in [-0.3, -0.25) is 4.79 Å². The van der Waals surface area contributed by atoms with Crippen molar-refractivity contribution in [2.24, 2.45) is 0 Å². The maximum atomic E-state index is 12.8. The van der Waals surface area contributed by atoms with Gasteiger partial charge in [-0.25, -0.2) is 0 Å². The Morgan fingerprint density at radius 3 is 2.53 bits per heavy atom. The molecule has 4 aromatic rings. The number of ether oxygens (including phenoxy) is 1. The number of halogens is 3. The molecule has 0 spiro atoms. The van der Waals surface area contributed by atoms with Gasteiger partial charge in [0.25, 0.3) is 5.91 Å². The van der Waals surface area contributed by atoms with Crippen LogP contribution in [-0.2, 0) is 12.7 Å². The van der Waals surface area contributed by atoms with Crippen molar-refractivity contribution in [2.75, 3.05) is 12.4 Å². The normalized spacial score (nSPS) is 11.6. The molecule has 0 bridgehead atoms. The Labute approximate surface area is 174 Å². The fourth-order valence-corrected chi connectivity index (χ4v) is 4.05. The van der Waals surface area contributed by atoms with Crippen LogP contribution in [0.3, 0.4) is 0 Å². The number of amides is 1. The maximum absolute atomic E-state index is 12.8. The first-order valence-electron chi connectivity index (χ1n) is 9.02. The van der Waals surface area contributed by atoms with E-state index in [1.165, 1.54) is 30.6 Å². The average Bonchev–Trinajstić information content (AvgIpc) is 3.33. The van der Waals surface area contributed by atoms with E-state index in [4.69, 9.17) is 4.74 Å². The molecule has 2 heterocycles. The lowest BCUT2D eigenvalue weighted by Crippen LogP contribution is -2.11. The maximum Gasteiger partial charge on any atom is 0.416 e. The smallest absolute Gasteiger partial charge is 0.416 e. The van der Waals surface area contributed by atoms with Crippen molar-refractivity contribution in [3.05, 3.63) is 82.2 Å². The van der Waals surface area contributed by atoms with E-state index < -0.39 is 11.7 Å². The van der Waals surface area contributed by atoms with Gasteiger partial charge in [-0.05, 0) is 23.8 Å². The number of thiophene rings is 1. The fourth-order valence-electron chi connectivity index (χ4n) is 3.27. The molecular formula is C22H17F3N2O2S. The predicted octanol–water partition coefficient (Wildman–Crippen LogP) is 6.03. The van der Waals surface area contributed by atoms with Gasteiger partial charge >= 0.3 is 6.18 Å². The second-order valence-corrected chi connectivity index (χ2v) is 7.43. The minimum Gasteiger partial charge on any atom is -0.495 e. The molecule has 154 valence electrons. The van der Waals surface area contributed by atoms with Gasteiger partial charge in [-0.15, -0.1) is 11.3 Å². The number of rotatable bonds is 5. The molecule has 4 rings (SSSR count). The van der Waals surface area contributed by atoms with Gasteiger partial charge in [-0.1, -0.05) is 30.3 Å². The zero-order valence-corrected chi connectivity index (χ0v) is 16.7. The molecule has 0 saturated carbocycles. The summed E-state index contributed by atoms with van der Waals surface area (Å²) in [6.45, 7) is 0.371. The van der Waals surface area contributed by atoms with Crippen LogP contribution in [0.2, 0.25) is 0 Å². The van der Waals surface area contributed by atoms with Crippen LogP contribution in [0.4, 0.5) is 18.9 Å². The SMILES string of the molecule is COc1cscc1C(=O)Nc1cn(Cc2ccc(C(F)(F)F)cc2)c2ccccc12. The fraction of sp³-hybridized carbons (Fsp3) is 0.136. The molecule has 1 amide bonds. The molecule has 0 aliphatic carbocycles. The molecule has 0 saturated heterocycles. The Kier molecular flexibility index (Phi) is 5.26. The van der Waals surface area contributed by atoms with E-state index in [1.807, 2.05) is 28.8 Å². The number of methoxy groups -OCH3 is 1. The van der Waals surface area contributed by atoms with Crippen LogP contribution >= 0.6 is 11.3 Å². The Bertz CT molecular complexity index is 1190. The Morgan fingerprint density at radius 2 is 1.83 bits per heavy atom. The van der Waals surface area contributed by atoms with Gasteiger partial charge < -0.3 is 14.6 Å². The number of nitrogens with zero attached hydrogens (tertiary/aromatic N) is 1. The number of nitrogens with one attached hydrogen (secondary N) is 1. The first-order valence-corrected chi connectivity index (χ1v) is 9.96.